The molecule has 11 heteroatoms. The lowest BCUT2D eigenvalue weighted by Crippen LogP contribution is -2.47. The summed E-state index contributed by atoms with van der Waals surface area (Å²) in [6.07, 6.45) is -5.03. The Morgan fingerprint density at radius 2 is 1.75 bits per heavy atom. The number of carboxylic acid groups (broad SMARTS) is 1. The summed E-state index contributed by atoms with van der Waals surface area (Å²) in [6, 6.07) is 4.32. The van der Waals surface area contributed by atoms with Crippen LogP contribution in [0, 0.1) is 0 Å². The number of halogens is 5. The lowest BCUT2D eigenvalue weighted by atomic mass is 9.87. The highest BCUT2D eigenvalue weighted by Crippen LogP contribution is 2.35. The van der Waals surface area contributed by atoms with Gasteiger partial charge in [0.15, 0.2) is 0 Å². The highest BCUT2D eigenvalue weighted by atomic mass is 19.4. The highest BCUT2D eigenvalue weighted by Gasteiger charge is 2.35. The van der Waals surface area contributed by atoms with Crippen LogP contribution >= 0.6 is 0 Å². The minimum absolute atomic E-state index is 0.129. The number of aromatic carboxylic acids is 1. The van der Waals surface area contributed by atoms with Crippen LogP contribution < -0.4 is 4.90 Å². The zero-order valence-corrected chi connectivity index (χ0v) is 17.1. The number of nitrogens with zero attached hydrogens (tertiary/aromatic N) is 3. The number of hydrogen-bond donors (Lipinski definition) is 1. The van der Waals surface area contributed by atoms with E-state index in [9.17, 15) is 26.7 Å². The van der Waals surface area contributed by atoms with E-state index >= 15 is 0 Å². The van der Waals surface area contributed by atoms with Crippen molar-refractivity contribution in [2.24, 2.45) is 0 Å². The minimum atomic E-state index is -4.44. The number of aromatic nitrogens is 2. The second-order valence-corrected chi connectivity index (χ2v) is 7.58. The predicted octanol–water partition coefficient (Wildman–Crippen LogP) is 4.97. The molecule has 0 spiro atoms. The normalized spacial score (nSPS) is 19.8. The van der Waals surface area contributed by atoms with Gasteiger partial charge in [-0.1, -0.05) is 19.1 Å². The summed E-state index contributed by atoms with van der Waals surface area (Å²) in [5.74, 6) is -1.26. The maximum atomic E-state index is 13.6. The van der Waals surface area contributed by atoms with Gasteiger partial charge in [0.1, 0.15) is 0 Å². The van der Waals surface area contributed by atoms with E-state index in [4.69, 9.17) is 9.84 Å². The summed E-state index contributed by atoms with van der Waals surface area (Å²) >= 11 is 0. The Morgan fingerprint density at radius 3 is 2.28 bits per heavy atom. The molecule has 3 rings (SSSR count). The van der Waals surface area contributed by atoms with Gasteiger partial charge in [0.05, 0.1) is 23.8 Å². The molecule has 1 N–H and O–H groups in total. The first kappa shape index (κ1) is 23.8. The molecule has 0 bridgehead atoms. The van der Waals surface area contributed by atoms with E-state index in [1.807, 2.05) is 0 Å². The van der Waals surface area contributed by atoms with Gasteiger partial charge in [-0.3, -0.25) is 0 Å². The summed E-state index contributed by atoms with van der Waals surface area (Å²) in [6.45, 7) is 1.25. The average Bonchev–Trinajstić information content (AvgIpc) is 2.77. The van der Waals surface area contributed by atoms with Crippen LogP contribution in [0.3, 0.4) is 0 Å². The number of hydrogen-bond acceptors (Lipinski definition) is 5. The van der Waals surface area contributed by atoms with Gasteiger partial charge in [-0.15, -0.1) is 0 Å². The second-order valence-electron chi connectivity index (χ2n) is 7.58. The molecule has 1 saturated heterocycles. The first-order chi connectivity index (χ1) is 15.0. The Hall–Kier alpha value is -2.82. The molecule has 1 aliphatic rings. The molecule has 1 aliphatic heterocycles. The van der Waals surface area contributed by atoms with Gasteiger partial charge >= 0.3 is 18.3 Å². The molecule has 2 heterocycles. The van der Waals surface area contributed by atoms with E-state index in [1.54, 1.807) is 4.90 Å². The first-order valence-electron chi connectivity index (χ1n) is 10.0. The molecular weight excluding hydrogens is 437 g/mol. The van der Waals surface area contributed by atoms with Crippen LogP contribution in [0.5, 0.6) is 0 Å². The lowest BCUT2D eigenvalue weighted by molar-refractivity contribution is -0.242. The van der Waals surface area contributed by atoms with Crippen molar-refractivity contribution in [1.82, 2.24) is 9.97 Å². The van der Waals surface area contributed by atoms with Crippen molar-refractivity contribution < 1.29 is 36.6 Å². The number of carboxylic acids is 1. The van der Waals surface area contributed by atoms with Crippen LogP contribution in [0.25, 0.3) is 0 Å². The monoisotopic (exact) mass is 459 g/mol. The molecule has 1 aromatic carbocycles. The van der Waals surface area contributed by atoms with Crippen LogP contribution in [-0.4, -0.2) is 46.3 Å². The second kappa shape index (κ2) is 9.35. The van der Waals surface area contributed by atoms with Crippen LogP contribution in [-0.2, 0) is 10.9 Å². The van der Waals surface area contributed by atoms with Gasteiger partial charge in [0.2, 0.25) is 5.95 Å². The predicted molar refractivity (Wildman–Crippen MR) is 105 cm³/mol. The molecule has 6 nitrogen and oxygen atoms in total. The molecule has 32 heavy (non-hydrogen) atoms. The maximum absolute atomic E-state index is 13.6. The fraction of sp³-hybridized carbons (Fsp3) is 0.476. The van der Waals surface area contributed by atoms with Crippen molar-refractivity contribution in [3.05, 3.63) is 53.3 Å². The number of alkyl halides is 5. The van der Waals surface area contributed by atoms with Crippen molar-refractivity contribution in [2.45, 2.75) is 50.4 Å². The van der Waals surface area contributed by atoms with Crippen LogP contribution in [0.1, 0.15) is 53.6 Å². The Kier molecular flexibility index (Phi) is 6.97. The standard InChI is InChI=1S/C21H22F5N3O3/c1-2-20(22,23)32-12-17-8-5-14(13-3-6-16(7-4-13)21(24,25)26)11-29(17)19-27-9-15(10-28-19)18(30)31/h3-4,6-7,9-10,14,17H,2,5,8,11-12H2,1H3,(H,30,31)/t14-,17-/m0/s1. The average molecular weight is 459 g/mol. The summed E-state index contributed by atoms with van der Waals surface area (Å²) in [5.41, 5.74) is -0.214. The van der Waals surface area contributed by atoms with Crippen LogP contribution in [0.15, 0.2) is 36.7 Å². The van der Waals surface area contributed by atoms with Crippen molar-refractivity contribution in [3.8, 4) is 0 Å². The van der Waals surface area contributed by atoms with E-state index in [0.29, 0.717) is 18.4 Å². The van der Waals surface area contributed by atoms with E-state index in [1.165, 1.54) is 19.1 Å². The molecule has 1 fully saturated rings. The molecular formula is C21H22F5N3O3. The number of piperidine rings is 1. The fourth-order valence-corrected chi connectivity index (χ4v) is 3.56. The van der Waals surface area contributed by atoms with E-state index in [2.05, 4.69) is 9.97 Å². The maximum Gasteiger partial charge on any atom is 0.416 e. The highest BCUT2D eigenvalue weighted by molar-refractivity contribution is 5.86. The van der Waals surface area contributed by atoms with E-state index in [0.717, 1.165) is 24.5 Å². The third-order valence-electron chi connectivity index (χ3n) is 5.46. The Balaban J connectivity index is 1.83. The molecule has 1 aromatic heterocycles. The van der Waals surface area contributed by atoms with E-state index in [-0.39, 0.29) is 30.6 Å². The molecule has 0 aliphatic carbocycles. The lowest BCUT2D eigenvalue weighted by Gasteiger charge is -2.40. The Morgan fingerprint density at radius 1 is 1.12 bits per heavy atom. The van der Waals surface area contributed by atoms with Gasteiger partial charge in [0, 0.05) is 31.3 Å². The summed E-state index contributed by atoms with van der Waals surface area (Å²) in [5, 5.41) is 9.03. The van der Waals surface area contributed by atoms with Gasteiger partial charge < -0.3 is 14.7 Å². The smallest absolute Gasteiger partial charge is 0.416 e. The van der Waals surface area contributed by atoms with Crippen LogP contribution in [0.2, 0.25) is 0 Å². The summed E-state index contributed by atoms with van der Waals surface area (Å²) < 4.78 is 70.6. The summed E-state index contributed by atoms with van der Waals surface area (Å²) in [7, 11) is 0. The number of anilines is 1. The van der Waals surface area contributed by atoms with Crippen LogP contribution in [0.4, 0.5) is 27.9 Å². The molecule has 0 saturated carbocycles. The van der Waals surface area contributed by atoms with Crippen molar-refractivity contribution >= 4 is 11.9 Å². The number of rotatable bonds is 7. The topological polar surface area (TPSA) is 75.5 Å². The zero-order chi connectivity index (χ0) is 23.5. The third kappa shape index (κ3) is 5.70. The number of benzene rings is 1. The number of ether oxygens (including phenoxy) is 1. The van der Waals surface area contributed by atoms with E-state index < -0.39 is 36.3 Å². The Bertz CT molecular complexity index is 920. The largest absolute Gasteiger partial charge is 0.478 e. The van der Waals surface area contributed by atoms with Crippen molar-refractivity contribution in [2.75, 3.05) is 18.1 Å². The van der Waals surface area contributed by atoms with Gasteiger partial charge in [-0.25, -0.2) is 14.8 Å². The van der Waals surface area contributed by atoms with Crippen molar-refractivity contribution in [1.29, 1.82) is 0 Å². The minimum Gasteiger partial charge on any atom is -0.478 e. The van der Waals surface area contributed by atoms with Gasteiger partial charge in [0.25, 0.3) is 0 Å². The first-order valence-corrected chi connectivity index (χ1v) is 10.0. The van der Waals surface area contributed by atoms with Gasteiger partial charge in [-0.2, -0.15) is 22.0 Å². The fourth-order valence-electron chi connectivity index (χ4n) is 3.56. The third-order valence-corrected chi connectivity index (χ3v) is 5.46. The van der Waals surface area contributed by atoms with Gasteiger partial charge in [-0.05, 0) is 30.5 Å². The molecule has 0 unspecified atom stereocenters. The molecule has 174 valence electrons. The summed E-state index contributed by atoms with van der Waals surface area (Å²) in [4.78, 5) is 20.8. The molecule has 0 amide bonds. The van der Waals surface area contributed by atoms with Crippen molar-refractivity contribution in [3.63, 3.8) is 0 Å². The molecule has 0 radical (unpaired) electrons. The molecule has 2 atom stereocenters. The number of carbonyl (C=O) groups is 1. The molecule has 2 aromatic rings. The quantitative estimate of drug-likeness (QED) is 0.590. The Labute approximate surface area is 181 Å². The zero-order valence-electron chi connectivity index (χ0n) is 17.1. The SMILES string of the molecule is CCC(F)(F)OC[C@@H]1CC[C@H](c2ccc(C(F)(F)F)cc2)CN1c1ncc(C(=O)O)cn1.